The van der Waals surface area contributed by atoms with Crippen molar-refractivity contribution in [3.8, 4) is 5.69 Å². The molecule has 0 spiro atoms. The van der Waals surface area contributed by atoms with Crippen LogP contribution in [0.2, 0.25) is 0 Å². The van der Waals surface area contributed by atoms with Crippen LogP contribution in [0.4, 0.5) is 0 Å². The first-order valence-corrected chi connectivity index (χ1v) is 6.11. The van der Waals surface area contributed by atoms with Crippen molar-refractivity contribution in [1.82, 2.24) is 20.2 Å². The monoisotopic (exact) mass is 250 g/mol. The quantitative estimate of drug-likeness (QED) is 0.657. The Labute approximate surface area is 100 Å². The molecule has 0 amide bonds. The number of rotatable bonds is 2. The van der Waals surface area contributed by atoms with Gasteiger partial charge < -0.3 is 0 Å². The Morgan fingerprint density at radius 3 is 3.12 bits per heavy atom. The second-order valence-electron chi connectivity index (χ2n) is 3.28. The largest absolute Gasteiger partial charge is 0.196 e. The molecule has 3 aromatic rings. The number of hydrogen-bond acceptors (Lipinski definition) is 4. The van der Waals surface area contributed by atoms with Crippen molar-refractivity contribution in [2.24, 2.45) is 0 Å². The topological polar surface area (TPSA) is 43.6 Å². The Morgan fingerprint density at radius 2 is 2.25 bits per heavy atom. The Balaban J connectivity index is 2.18. The smallest absolute Gasteiger partial charge is 0.171 e. The summed E-state index contributed by atoms with van der Waals surface area (Å²) in [5.74, 6) is 0.950. The van der Waals surface area contributed by atoms with Crippen molar-refractivity contribution in [3.05, 3.63) is 35.5 Å². The van der Waals surface area contributed by atoms with Gasteiger partial charge in [-0.3, -0.25) is 0 Å². The van der Waals surface area contributed by atoms with Crippen LogP contribution < -0.4 is 0 Å². The van der Waals surface area contributed by atoms with Crippen LogP contribution in [0.15, 0.2) is 29.6 Å². The van der Waals surface area contributed by atoms with Gasteiger partial charge in [0.2, 0.25) is 0 Å². The molecule has 16 heavy (non-hydrogen) atoms. The Bertz CT molecular complexity index is 630. The van der Waals surface area contributed by atoms with Crippen LogP contribution in [0.1, 0.15) is 5.82 Å². The van der Waals surface area contributed by atoms with Gasteiger partial charge in [-0.2, -0.15) is 4.68 Å². The molecule has 0 N–H and O–H groups in total. The zero-order chi connectivity index (χ0) is 11.0. The third-order valence-corrected chi connectivity index (χ3v) is 3.47. The fourth-order valence-electron chi connectivity index (χ4n) is 1.58. The van der Waals surface area contributed by atoms with E-state index in [1.807, 2.05) is 6.07 Å². The molecule has 0 aliphatic rings. The van der Waals surface area contributed by atoms with Gasteiger partial charge in [0, 0.05) is 4.70 Å². The summed E-state index contributed by atoms with van der Waals surface area (Å²) >= 11 is 7.48. The third kappa shape index (κ3) is 1.48. The van der Waals surface area contributed by atoms with Crippen LogP contribution in [-0.2, 0) is 5.88 Å². The van der Waals surface area contributed by atoms with Crippen molar-refractivity contribution in [2.75, 3.05) is 0 Å². The van der Waals surface area contributed by atoms with Crippen molar-refractivity contribution in [1.29, 1.82) is 0 Å². The van der Waals surface area contributed by atoms with Gasteiger partial charge in [-0.15, -0.1) is 28.0 Å². The standard InChI is InChI=1S/C10H7ClN4S/c11-6-10-12-13-14-15(10)8-1-2-9-7(5-8)3-4-16-9/h1-5H,6H2. The molecule has 80 valence electrons. The fourth-order valence-corrected chi connectivity index (χ4v) is 2.51. The molecule has 0 saturated heterocycles. The molecule has 3 rings (SSSR count). The number of aromatic nitrogens is 4. The molecule has 6 heteroatoms. The lowest BCUT2D eigenvalue weighted by Gasteiger charge is -2.02. The summed E-state index contributed by atoms with van der Waals surface area (Å²) in [6, 6.07) is 8.19. The molecule has 0 unspecified atom stereocenters. The first-order chi connectivity index (χ1) is 7.88. The number of thiophene rings is 1. The van der Waals surface area contributed by atoms with Gasteiger partial charge in [-0.05, 0) is 45.5 Å². The maximum atomic E-state index is 5.76. The average Bonchev–Trinajstić information content (AvgIpc) is 2.96. The van der Waals surface area contributed by atoms with Crippen LogP contribution >= 0.6 is 22.9 Å². The van der Waals surface area contributed by atoms with Crippen LogP contribution in [0.3, 0.4) is 0 Å². The molecular formula is C10H7ClN4S. The van der Waals surface area contributed by atoms with E-state index in [9.17, 15) is 0 Å². The first kappa shape index (κ1) is 9.74. The highest BCUT2D eigenvalue weighted by molar-refractivity contribution is 7.17. The molecule has 2 heterocycles. The molecule has 0 bridgehead atoms. The summed E-state index contributed by atoms with van der Waals surface area (Å²) in [6.07, 6.45) is 0. The van der Waals surface area contributed by atoms with E-state index in [1.165, 1.54) is 10.1 Å². The van der Waals surface area contributed by atoms with E-state index < -0.39 is 0 Å². The van der Waals surface area contributed by atoms with Crippen molar-refractivity contribution in [2.45, 2.75) is 5.88 Å². The summed E-state index contributed by atoms with van der Waals surface area (Å²) in [7, 11) is 0. The number of halogens is 1. The summed E-state index contributed by atoms with van der Waals surface area (Å²) in [5, 5.41) is 14.7. The highest BCUT2D eigenvalue weighted by atomic mass is 35.5. The summed E-state index contributed by atoms with van der Waals surface area (Å²) in [4.78, 5) is 0. The third-order valence-electron chi connectivity index (χ3n) is 2.33. The van der Waals surface area contributed by atoms with Gasteiger partial charge in [-0.1, -0.05) is 0 Å². The highest BCUT2D eigenvalue weighted by Crippen LogP contribution is 2.23. The predicted molar refractivity (Wildman–Crippen MR) is 64.1 cm³/mol. The molecule has 2 aromatic heterocycles. The summed E-state index contributed by atoms with van der Waals surface area (Å²) < 4.78 is 2.91. The van der Waals surface area contributed by atoms with E-state index in [1.54, 1.807) is 16.0 Å². The number of tetrazole rings is 1. The SMILES string of the molecule is ClCc1nnnn1-c1ccc2sccc2c1. The van der Waals surface area contributed by atoms with Crippen LogP contribution in [0.5, 0.6) is 0 Å². The molecular weight excluding hydrogens is 244 g/mol. The van der Waals surface area contributed by atoms with Gasteiger partial charge in [0.15, 0.2) is 5.82 Å². The predicted octanol–water partition coefficient (Wildman–Crippen LogP) is 2.62. The van der Waals surface area contributed by atoms with Gasteiger partial charge in [0.05, 0.1) is 11.6 Å². The zero-order valence-corrected chi connectivity index (χ0v) is 9.74. The van der Waals surface area contributed by atoms with E-state index in [4.69, 9.17) is 11.6 Å². The lowest BCUT2D eigenvalue weighted by atomic mass is 10.2. The maximum Gasteiger partial charge on any atom is 0.171 e. The van der Waals surface area contributed by atoms with Crippen LogP contribution in [-0.4, -0.2) is 20.2 Å². The average molecular weight is 251 g/mol. The minimum absolute atomic E-state index is 0.300. The lowest BCUT2D eigenvalue weighted by molar-refractivity contribution is 0.778. The normalized spacial score (nSPS) is 11.1. The van der Waals surface area contributed by atoms with Gasteiger partial charge in [0.1, 0.15) is 0 Å². The van der Waals surface area contributed by atoms with E-state index in [0.29, 0.717) is 11.7 Å². The van der Waals surface area contributed by atoms with Gasteiger partial charge >= 0.3 is 0 Å². The number of nitrogens with zero attached hydrogens (tertiary/aromatic N) is 4. The van der Waals surface area contributed by atoms with Gasteiger partial charge in [0.25, 0.3) is 0 Å². The number of benzene rings is 1. The molecule has 0 saturated carbocycles. The van der Waals surface area contributed by atoms with Crippen LogP contribution in [0, 0.1) is 0 Å². The highest BCUT2D eigenvalue weighted by Gasteiger charge is 2.07. The zero-order valence-electron chi connectivity index (χ0n) is 8.17. The van der Waals surface area contributed by atoms with Crippen molar-refractivity contribution in [3.63, 3.8) is 0 Å². The molecule has 0 radical (unpaired) electrons. The summed E-state index contributed by atoms with van der Waals surface area (Å²) in [5.41, 5.74) is 0.937. The Hall–Kier alpha value is -1.46. The van der Waals surface area contributed by atoms with E-state index in [-0.39, 0.29) is 0 Å². The first-order valence-electron chi connectivity index (χ1n) is 4.69. The van der Waals surface area contributed by atoms with Gasteiger partial charge in [-0.25, -0.2) is 0 Å². The number of alkyl halides is 1. The maximum absolute atomic E-state index is 5.76. The van der Waals surface area contributed by atoms with Crippen LogP contribution in [0.25, 0.3) is 15.8 Å². The van der Waals surface area contributed by atoms with E-state index in [0.717, 1.165) is 5.69 Å². The minimum atomic E-state index is 0.300. The molecule has 0 aliphatic heterocycles. The molecule has 0 aliphatic carbocycles. The van der Waals surface area contributed by atoms with E-state index >= 15 is 0 Å². The molecule has 1 aromatic carbocycles. The molecule has 0 atom stereocenters. The second-order valence-corrected chi connectivity index (χ2v) is 4.50. The minimum Gasteiger partial charge on any atom is -0.196 e. The summed E-state index contributed by atoms with van der Waals surface area (Å²) in [6.45, 7) is 0. The van der Waals surface area contributed by atoms with Crippen molar-refractivity contribution < 1.29 is 0 Å². The van der Waals surface area contributed by atoms with E-state index in [2.05, 4.69) is 39.1 Å². The second kappa shape index (κ2) is 3.84. The Kier molecular flexibility index (Phi) is 2.34. The van der Waals surface area contributed by atoms with Crippen molar-refractivity contribution >= 4 is 33.0 Å². The fraction of sp³-hybridized carbons (Fsp3) is 0.100. The lowest BCUT2D eigenvalue weighted by Crippen LogP contribution is -2.00. The number of fused-ring (bicyclic) bond motifs is 1. The molecule has 4 nitrogen and oxygen atoms in total. The Morgan fingerprint density at radius 1 is 1.31 bits per heavy atom. The molecule has 0 fully saturated rings. The number of hydrogen-bond donors (Lipinski definition) is 0.